The Morgan fingerprint density at radius 3 is 2.71 bits per heavy atom. The second kappa shape index (κ2) is 6.19. The number of benzene rings is 2. The molecular formula is C20H17N5O3. The van der Waals surface area contributed by atoms with E-state index in [0.717, 1.165) is 24.4 Å². The molecular weight excluding hydrogens is 358 g/mol. The number of amides is 1. The molecule has 8 heteroatoms. The lowest BCUT2D eigenvalue weighted by Crippen LogP contribution is -2.14. The van der Waals surface area contributed by atoms with Crippen LogP contribution in [-0.4, -0.2) is 25.2 Å². The Bertz CT molecular complexity index is 1250. The SMILES string of the molecule is Cn1c(=O)oc2cc(NC(=O)c3nc(C4CC4)n(-c4ccccc4)n3)ccc21. The third-order valence-electron chi connectivity index (χ3n) is 4.83. The highest BCUT2D eigenvalue weighted by atomic mass is 16.4. The molecule has 2 heterocycles. The maximum Gasteiger partial charge on any atom is 0.419 e. The summed E-state index contributed by atoms with van der Waals surface area (Å²) < 4.78 is 8.32. The molecule has 1 fully saturated rings. The van der Waals surface area contributed by atoms with E-state index in [4.69, 9.17) is 4.42 Å². The van der Waals surface area contributed by atoms with E-state index in [0.29, 0.717) is 22.7 Å². The number of nitrogens with zero attached hydrogens (tertiary/aromatic N) is 4. The number of oxazole rings is 1. The monoisotopic (exact) mass is 375 g/mol. The van der Waals surface area contributed by atoms with Crippen LogP contribution < -0.4 is 11.1 Å². The molecule has 5 rings (SSSR count). The molecule has 2 aromatic heterocycles. The van der Waals surface area contributed by atoms with Crippen LogP contribution in [0.25, 0.3) is 16.8 Å². The van der Waals surface area contributed by atoms with Gasteiger partial charge in [-0.2, -0.15) is 0 Å². The second-order valence-electron chi connectivity index (χ2n) is 6.88. The molecule has 4 aromatic rings. The Labute approximate surface area is 159 Å². The fourth-order valence-electron chi connectivity index (χ4n) is 3.18. The summed E-state index contributed by atoms with van der Waals surface area (Å²) in [5, 5.41) is 7.22. The topological polar surface area (TPSA) is 95.0 Å². The van der Waals surface area contributed by atoms with Crippen LogP contribution in [0.3, 0.4) is 0 Å². The van der Waals surface area contributed by atoms with E-state index in [2.05, 4.69) is 15.4 Å². The number of hydrogen-bond acceptors (Lipinski definition) is 5. The molecule has 0 atom stereocenters. The van der Waals surface area contributed by atoms with Crippen molar-refractivity contribution in [3.8, 4) is 5.69 Å². The smallest absolute Gasteiger partial charge is 0.408 e. The van der Waals surface area contributed by atoms with Gasteiger partial charge in [0, 0.05) is 24.7 Å². The van der Waals surface area contributed by atoms with Crippen molar-refractivity contribution in [1.29, 1.82) is 0 Å². The molecule has 1 aliphatic rings. The first-order valence-corrected chi connectivity index (χ1v) is 9.03. The molecule has 0 bridgehead atoms. The maximum absolute atomic E-state index is 12.7. The van der Waals surface area contributed by atoms with E-state index in [-0.39, 0.29) is 5.82 Å². The van der Waals surface area contributed by atoms with Crippen molar-refractivity contribution in [1.82, 2.24) is 19.3 Å². The molecule has 0 aliphatic heterocycles. The lowest BCUT2D eigenvalue weighted by atomic mass is 10.3. The number of carbonyl (C=O) groups excluding carboxylic acids is 1. The van der Waals surface area contributed by atoms with Gasteiger partial charge in [0.1, 0.15) is 5.82 Å². The number of rotatable bonds is 4. The average molecular weight is 375 g/mol. The van der Waals surface area contributed by atoms with E-state index in [1.54, 1.807) is 29.9 Å². The fraction of sp³-hybridized carbons (Fsp3) is 0.200. The standard InChI is InChI=1S/C20H17N5O3/c1-24-15-10-9-13(11-16(15)28-20(24)27)21-19(26)17-22-18(12-7-8-12)25(23-17)14-5-3-2-4-6-14/h2-6,9-12H,7-8H2,1H3,(H,21,26). The molecule has 0 spiro atoms. The molecule has 1 amide bonds. The summed E-state index contributed by atoms with van der Waals surface area (Å²) in [7, 11) is 1.63. The zero-order chi connectivity index (χ0) is 19.3. The minimum atomic E-state index is -0.448. The highest BCUT2D eigenvalue weighted by molar-refractivity contribution is 6.02. The number of hydrogen-bond donors (Lipinski definition) is 1. The Morgan fingerprint density at radius 1 is 1.18 bits per heavy atom. The number of nitrogens with one attached hydrogen (secondary N) is 1. The summed E-state index contributed by atoms with van der Waals surface area (Å²) in [5.41, 5.74) is 2.46. The third kappa shape index (κ3) is 2.79. The van der Waals surface area contributed by atoms with Gasteiger partial charge in [0.2, 0.25) is 5.82 Å². The van der Waals surface area contributed by atoms with Gasteiger partial charge in [-0.25, -0.2) is 14.5 Å². The summed E-state index contributed by atoms with van der Waals surface area (Å²) in [6, 6.07) is 14.7. The predicted molar refractivity (Wildman–Crippen MR) is 103 cm³/mol. The van der Waals surface area contributed by atoms with E-state index in [1.165, 1.54) is 4.57 Å². The van der Waals surface area contributed by atoms with E-state index in [9.17, 15) is 9.59 Å². The lowest BCUT2D eigenvalue weighted by molar-refractivity contribution is 0.101. The molecule has 1 saturated carbocycles. The van der Waals surface area contributed by atoms with Gasteiger partial charge in [-0.3, -0.25) is 9.36 Å². The van der Waals surface area contributed by atoms with Gasteiger partial charge in [-0.1, -0.05) is 18.2 Å². The van der Waals surface area contributed by atoms with E-state index >= 15 is 0 Å². The molecule has 2 aromatic carbocycles. The van der Waals surface area contributed by atoms with Gasteiger partial charge >= 0.3 is 5.76 Å². The van der Waals surface area contributed by atoms with Crippen LogP contribution in [0.4, 0.5) is 5.69 Å². The Balaban J connectivity index is 1.46. The average Bonchev–Trinajstić information content (AvgIpc) is 3.39. The quantitative estimate of drug-likeness (QED) is 0.592. The van der Waals surface area contributed by atoms with Crippen molar-refractivity contribution in [3.05, 3.63) is 70.7 Å². The lowest BCUT2D eigenvalue weighted by Gasteiger charge is -2.03. The summed E-state index contributed by atoms with van der Waals surface area (Å²) in [5.74, 6) is 0.399. The normalized spacial score (nSPS) is 13.8. The molecule has 28 heavy (non-hydrogen) atoms. The minimum Gasteiger partial charge on any atom is -0.408 e. The number of aromatic nitrogens is 4. The van der Waals surface area contributed by atoms with Crippen LogP contribution >= 0.6 is 0 Å². The highest BCUT2D eigenvalue weighted by Gasteiger charge is 2.31. The van der Waals surface area contributed by atoms with Crippen molar-refractivity contribution in [2.24, 2.45) is 7.05 Å². The summed E-state index contributed by atoms with van der Waals surface area (Å²) in [6.07, 6.45) is 2.10. The van der Waals surface area contributed by atoms with Crippen LogP contribution in [0.15, 0.2) is 57.7 Å². The first-order valence-electron chi connectivity index (χ1n) is 9.03. The fourth-order valence-corrected chi connectivity index (χ4v) is 3.18. The summed E-state index contributed by atoms with van der Waals surface area (Å²) in [4.78, 5) is 28.8. The van der Waals surface area contributed by atoms with Crippen molar-refractivity contribution >= 4 is 22.7 Å². The predicted octanol–water partition coefficient (Wildman–Crippen LogP) is 2.84. The van der Waals surface area contributed by atoms with Crippen molar-refractivity contribution in [2.45, 2.75) is 18.8 Å². The molecule has 1 aliphatic carbocycles. The van der Waals surface area contributed by atoms with Crippen LogP contribution in [0.2, 0.25) is 0 Å². The molecule has 1 N–H and O–H groups in total. The van der Waals surface area contributed by atoms with Crippen molar-refractivity contribution < 1.29 is 9.21 Å². The number of carbonyl (C=O) groups is 1. The number of fused-ring (bicyclic) bond motifs is 1. The van der Waals surface area contributed by atoms with Gasteiger partial charge in [-0.05, 0) is 37.1 Å². The Kier molecular flexibility index (Phi) is 3.65. The number of para-hydroxylation sites is 1. The van der Waals surface area contributed by atoms with Gasteiger partial charge in [0.25, 0.3) is 5.91 Å². The van der Waals surface area contributed by atoms with Crippen LogP contribution in [0.5, 0.6) is 0 Å². The summed E-state index contributed by atoms with van der Waals surface area (Å²) >= 11 is 0. The first kappa shape index (κ1) is 16.5. The first-order chi connectivity index (χ1) is 13.6. The van der Waals surface area contributed by atoms with E-state index in [1.807, 2.05) is 30.3 Å². The van der Waals surface area contributed by atoms with Gasteiger partial charge < -0.3 is 9.73 Å². The molecule has 140 valence electrons. The Hall–Kier alpha value is -3.68. The number of anilines is 1. The van der Waals surface area contributed by atoms with Gasteiger partial charge in [-0.15, -0.1) is 5.10 Å². The van der Waals surface area contributed by atoms with Crippen LogP contribution in [0, 0.1) is 0 Å². The van der Waals surface area contributed by atoms with E-state index < -0.39 is 11.7 Å². The number of aryl methyl sites for hydroxylation is 1. The molecule has 8 nitrogen and oxygen atoms in total. The zero-order valence-corrected chi connectivity index (χ0v) is 15.1. The zero-order valence-electron chi connectivity index (χ0n) is 15.1. The van der Waals surface area contributed by atoms with Crippen LogP contribution in [0.1, 0.15) is 35.2 Å². The van der Waals surface area contributed by atoms with Gasteiger partial charge in [0.05, 0.1) is 11.2 Å². The minimum absolute atomic E-state index is 0.111. The molecule has 0 radical (unpaired) electrons. The van der Waals surface area contributed by atoms with Crippen molar-refractivity contribution in [2.75, 3.05) is 5.32 Å². The molecule has 0 unspecified atom stereocenters. The van der Waals surface area contributed by atoms with Crippen LogP contribution in [-0.2, 0) is 7.05 Å². The summed E-state index contributed by atoms with van der Waals surface area (Å²) in [6.45, 7) is 0. The second-order valence-corrected chi connectivity index (χ2v) is 6.88. The maximum atomic E-state index is 12.7. The highest BCUT2D eigenvalue weighted by Crippen LogP contribution is 2.39. The Morgan fingerprint density at radius 2 is 1.96 bits per heavy atom. The van der Waals surface area contributed by atoms with Gasteiger partial charge in [0.15, 0.2) is 5.58 Å². The third-order valence-corrected chi connectivity index (χ3v) is 4.83. The molecule has 0 saturated heterocycles. The largest absolute Gasteiger partial charge is 0.419 e. The van der Waals surface area contributed by atoms with Crippen molar-refractivity contribution in [3.63, 3.8) is 0 Å².